The summed E-state index contributed by atoms with van der Waals surface area (Å²) in [6, 6.07) is 0. The van der Waals surface area contributed by atoms with Crippen molar-refractivity contribution in [3.63, 3.8) is 0 Å². The molecule has 0 aromatic carbocycles. The monoisotopic (exact) mass is 339 g/mol. The summed E-state index contributed by atoms with van der Waals surface area (Å²) >= 11 is 1.98. The number of alkyl carbamates (subject to hydrolysis) is 1. The summed E-state index contributed by atoms with van der Waals surface area (Å²) < 4.78 is 7.86. The molecule has 0 unspecified atom stereocenters. The van der Waals surface area contributed by atoms with Gasteiger partial charge in [0.05, 0.1) is 6.33 Å². The average Bonchev–Trinajstić information content (AvgIpc) is 3.08. The number of ether oxygens (including phenoxy) is 1. The van der Waals surface area contributed by atoms with Crippen molar-refractivity contribution in [3.05, 3.63) is 18.2 Å². The fourth-order valence-electron chi connectivity index (χ4n) is 3.06. The molecule has 5 nitrogen and oxygen atoms in total. The lowest BCUT2D eigenvalue weighted by Crippen LogP contribution is -2.34. The minimum Gasteiger partial charge on any atom is -0.444 e. The maximum Gasteiger partial charge on any atom is 0.407 e. The average molecular weight is 340 g/mol. The van der Waals surface area contributed by atoms with Crippen LogP contribution in [-0.2, 0) is 17.7 Å². The molecule has 1 aromatic rings. The third kappa shape index (κ3) is 5.44. The molecule has 1 aromatic heterocycles. The molecule has 1 aliphatic carbocycles. The minimum atomic E-state index is -0.459. The number of rotatable bonds is 6. The van der Waals surface area contributed by atoms with Gasteiger partial charge in [0.2, 0.25) is 0 Å². The van der Waals surface area contributed by atoms with E-state index in [0.29, 0.717) is 11.3 Å². The van der Waals surface area contributed by atoms with Gasteiger partial charge in [-0.05, 0) is 39.9 Å². The van der Waals surface area contributed by atoms with E-state index in [1.165, 1.54) is 31.4 Å². The number of nitrogens with zero attached hydrogens (tertiary/aromatic N) is 2. The predicted octanol–water partition coefficient (Wildman–Crippen LogP) is 3.63. The van der Waals surface area contributed by atoms with Crippen molar-refractivity contribution < 1.29 is 9.53 Å². The molecule has 0 atom stereocenters. The Balaban J connectivity index is 1.85. The van der Waals surface area contributed by atoms with Gasteiger partial charge in [-0.3, -0.25) is 0 Å². The van der Waals surface area contributed by atoms with Crippen molar-refractivity contribution >= 4 is 17.9 Å². The van der Waals surface area contributed by atoms with Crippen LogP contribution in [0.5, 0.6) is 0 Å². The smallest absolute Gasteiger partial charge is 0.407 e. The first kappa shape index (κ1) is 18.2. The Morgan fingerprint density at radius 2 is 2.13 bits per heavy atom. The molecule has 0 radical (unpaired) electrons. The molecule has 6 heteroatoms. The summed E-state index contributed by atoms with van der Waals surface area (Å²) in [6.45, 7) is 7.17. The first-order valence-electron chi connectivity index (χ1n) is 8.35. The maximum absolute atomic E-state index is 11.7. The third-order valence-electron chi connectivity index (χ3n) is 4.25. The first-order valence-corrected chi connectivity index (χ1v) is 9.57. The lowest BCUT2D eigenvalue weighted by molar-refractivity contribution is 0.0528. The summed E-state index contributed by atoms with van der Waals surface area (Å²) in [7, 11) is 0. The number of hydrogen-bond donors (Lipinski definition) is 1. The molecule has 0 bridgehead atoms. The second-order valence-electron chi connectivity index (χ2n) is 7.29. The van der Waals surface area contributed by atoms with E-state index >= 15 is 0 Å². The summed E-state index contributed by atoms with van der Waals surface area (Å²) in [5, 5.41) is 2.81. The van der Waals surface area contributed by atoms with Crippen LogP contribution in [0.15, 0.2) is 12.5 Å². The van der Waals surface area contributed by atoms with E-state index in [0.717, 1.165) is 13.0 Å². The largest absolute Gasteiger partial charge is 0.444 e. The molecule has 1 saturated carbocycles. The number of carbonyl (C=O) groups excluding carboxylic acids is 1. The van der Waals surface area contributed by atoms with Crippen LogP contribution in [0.1, 0.15) is 52.1 Å². The van der Waals surface area contributed by atoms with Crippen LogP contribution < -0.4 is 5.32 Å². The minimum absolute atomic E-state index is 0.355. The fraction of sp³-hybridized carbons (Fsp3) is 0.765. The molecule has 1 heterocycles. The summed E-state index contributed by atoms with van der Waals surface area (Å²) in [4.78, 5) is 16.0. The number of thioether (sulfide) groups is 1. The van der Waals surface area contributed by atoms with E-state index in [-0.39, 0.29) is 6.09 Å². The quantitative estimate of drug-likeness (QED) is 0.860. The number of aromatic nitrogens is 2. The second-order valence-corrected chi connectivity index (χ2v) is 8.56. The number of imidazole rings is 1. The molecule has 0 saturated heterocycles. The van der Waals surface area contributed by atoms with E-state index in [2.05, 4.69) is 21.1 Å². The Labute approximate surface area is 143 Å². The Kier molecular flexibility index (Phi) is 6.00. The van der Waals surface area contributed by atoms with Gasteiger partial charge in [0.15, 0.2) is 0 Å². The van der Waals surface area contributed by atoms with Crippen molar-refractivity contribution in [3.8, 4) is 0 Å². The SMILES string of the molecule is CSC1(Cn2cncc2CCNC(=O)OC(C)(C)C)CCCC1. The van der Waals surface area contributed by atoms with Gasteiger partial charge in [-0.15, -0.1) is 0 Å². The van der Waals surface area contributed by atoms with E-state index in [4.69, 9.17) is 4.74 Å². The van der Waals surface area contributed by atoms with E-state index in [9.17, 15) is 4.79 Å². The lowest BCUT2D eigenvalue weighted by Gasteiger charge is -2.28. The molecule has 23 heavy (non-hydrogen) atoms. The zero-order valence-electron chi connectivity index (χ0n) is 14.7. The molecular weight excluding hydrogens is 310 g/mol. The zero-order valence-corrected chi connectivity index (χ0v) is 15.5. The zero-order chi connectivity index (χ0) is 16.9. The van der Waals surface area contributed by atoms with E-state index < -0.39 is 5.60 Å². The third-order valence-corrected chi connectivity index (χ3v) is 5.66. The summed E-state index contributed by atoms with van der Waals surface area (Å²) in [5.74, 6) is 0. The second kappa shape index (κ2) is 7.60. The van der Waals surface area contributed by atoms with Gasteiger partial charge < -0.3 is 14.6 Å². The van der Waals surface area contributed by atoms with Crippen LogP contribution in [0.25, 0.3) is 0 Å². The van der Waals surface area contributed by atoms with Crippen LogP contribution in [0.2, 0.25) is 0 Å². The van der Waals surface area contributed by atoms with Crippen LogP contribution in [-0.4, -0.2) is 38.8 Å². The van der Waals surface area contributed by atoms with Gasteiger partial charge in [-0.25, -0.2) is 9.78 Å². The van der Waals surface area contributed by atoms with Gasteiger partial charge in [0.25, 0.3) is 0 Å². The van der Waals surface area contributed by atoms with E-state index in [1.54, 1.807) is 0 Å². The fourth-order valence-corrected chi connectivity index (χ4v) is 4.03. The van der Waals surface area contributed by atoms with Crippen molar-refractivity contribution in [1.29, 1.82) is 0 Å². The van der Waals surface area contributed by atoms with Crippen LogP contribution in [0.3, 0.4) is 0 Å². The highest BCUT2D eigenvalue weighted by molar-refractivity contribution is 8.00. The molecule has 130 valence electrons. The van der Waals surface area contributed by atoms with Crippen LogP contribution in [0.4, 0.5) is 4.79 Å². The van der Waals surface area contributed by atoms with Crippen molar-refractivity contribution in [2.45, 2.75) is 69.8 Å². The number of hydrogen-bond acceptors (Lipinski definition) is 4. The predicted molar refractivity (Wildman–Crippen MR) is 94.9 cm³/mol. The Morgan fingerprint density at radius 1 is 1.43 bits per heavy atom. The Bertz CT molecular complexity index is 516. The van der Waals surface area contributed by atoms with Crippen molar-refractivity contribution in [2.75, 3.05) is 12.8 Å². The first-order chi connectivity index (χ1) is 10.8. The molecule has 0 spiro atoms. The van der Waals surface area contributed by atoms with Crippen molar-refractivity contribution in [2.24, 2.45) is 0 Å². The molecule has 1 aliphatic rings. The standard InChI is InChI=1S/C17H29N3O2S/c1-16(2,3)22-15(21)19-10-7-14-11-18-13-20(14)12-17(23-4)8-5-6-9-17/h11,13H,5-10,12H2,1-4H3,(H,19,21). The van der Waals surface area contributed by atoms with Crippen molar-refractivity contribution in [1.82, 2.24) is 14.9 Å². The summed E-state index contributed by atoms with van der Waals surface area (Å²) in [5.41, 5.74) is 0.709. The molecule has 1 amide bonds. The lowest BCUT2D eigenvalue weighted by atomic mass is 10.1. The topological polar surface area (TPSA) is 56.2 Å². The number of nitrogens with one attached hydrogen (secondary N) is 1. The van der Waals surface area contributed by atoms with Gasteiger partial charge in [-0.2, -0.15) is 11.8 Å². The normalized spacial score (nSPS) is 17.2. The highest BCUT2D eigenvalue weighted by Crippen LogP contribution is 2.41. The summed E-state index contributed by atoms with van der Waals surface area (Å²) in [6.07, 6.45) is 11.6. The molecule has 1 fully saturated rings. The van der Waals surface area contributed by atoms with Gasteiger partial charge >= 0.3 is 6.09 Å². The number of carbonyl (C=O) groups is 1. The molecular formula is C17H29N3O2S. The highest BCUT2D eigenvalue weighted by Gasteiger charge is 2.33. The van der Waals surface area contributed by atoms with Crippen LogP contribution >= 0.6 is 11.8 Å². The van der Waals surface area contributed by atoms with Gasteiger partial charge in [0, 0.05) is 36.1 Å². The number of amides is 1. The molecule has 0 aliphatic heterocycles. The Hall–Kier alpha value is -1.17. The van der Waals surface area contributed by atoms with Gasteiger partial charge in [0.1, 0.15) is 5.60 Å². The highest BCUT2D eigenvalue weighted by atomic mass is 32.2. The van der Waals surface area contributed by atoms with Gasteiger partial charge in [-0.1, -0.05) is 12.8 Å². The Morgan fingerprint density at radius 3 is 2.74 bits per heavy atom. The maximum atomic E-state index is 11.7. The van der Waals surface area contributed by atoms with E-state index in [1.807, 2.05) is 45.1 Å². The molecule has 2 rings (SSSR count). The van der Waals surface area contributed by atoms with Crippen LogP contribution in [0, 0.1) is 0 Å². The molecule has 1 N–H and O–H groups in total.